The van der Waals surface area contributed by atoms with Gasteiger partial charge in [-0.05, 0) is 51.0 Å². The minimum atomic E-state index is 0.661. The fourth-order valence-corrected chi connectivity index (χ4v) is 3.98. The summed E-state index contributed by atoms with van der Waals surface area (Å²) in [6.45, 7) is 8.49. The summed E-state index contributed by atoms with van der Waals surface area (Å²) >= 11 is 0. The lowest BCUT2D eigenvalue weighted by Crippen LogP contribution is -2.46. The van der Waals surface area contributed by atoms with Gasteiger partial charge >= 0.3 is 0 Å². The Morgan fingerprint density at radius 1 is 1.05 bits per heavy atom. The van der Waals surface area contributed by atoms with Gasteiger partial charge in [-0.3, -0.25) is 0 Å². The van der Waals surface area contributed by atoms with Gasteiger partial charge in [-0.25, -0.2) is 0 Å². The molecule has 5 atom stereocenters. The van der Waals surface area contributed by atoms with Crippen molar-refractivity contribution in [3.63, 3.8) is 0 Å². The van der Waals surface area contributed by atoms with Crippen molar-refractivity contribution in [2.24, 2.45) is 11.8 Å². The van der Waals surface area contributed by atoms with Crippen LogP contribution in [-0.4, -0.2) is 24.7 Å². The van der Waals surface area contributed by atoms with Crippen LogP contribution in [-0.2, 0) is 0 Å². The molecule has 0 aromatic carbocycles. The van der Waals surface area contributed by atoms with Crippen molar-refractivity contribution in [3.05, 3.63) is 0 Å². The zero-order valence-electron chi connectivity index (χ0n) is 13.3. The van der Waals surface area contributed by atoms with Gasteiger partial charge in [0.2, 0.25) is 0 Å². The smallest absolute Gasteiger partial charge is 0.00977 e. The second-order valence-corrected chi connectivity index (χ2v) is 7.18. The van der Waals surface area contributed by atoms with Gasteiger partial charge in [0.25, 0.3) is 0 Å². The van der Waals surface area contributed by atoms with Gasteiger partial charge in [0.15, 0.2) is 0 Å². The molecule has 2 N–H and O–H groups in total. The molecule has 2 rings (SSSR count). The van der Waals surface area contributed by atoms with Crippen molar-refractivity contribution in [1.82, 2.24) is 10.6 Å². The Morgan fingerprint density at radius 3 is 2.74 bits per heavy atom. The van der Waals surface area contributed by atoms with E-state index in [1.54, 1.807) is 0 Å². The molecule has 1 heterocycles. The molecule has 2 aliphatic rings. The van der Waals surface area contributed by atoms with Gasteiger partial charge in [-0.2, -0.15) is 0 Å². The van der Waals surface area contributed by atoms with E-state index in [9.17, 15) is 0 Å². The normalized spacial score (nSPS) is 38.7. The number of hydrogen-bond acceptors (Lipinski definition) is 2. The molecule has 1 aliphatic heterocycles. The van der Waals surface area contributed by atoms with Crippen LogP contribution in [0.1, 0.15) is 72.1 Å². The largest absolute Gasteiger partial charge is 0.314 e. The van der Waals surface area contributed by atoms with E-state index in [-0.39, 0.29) is 0 Å². The topological polar surface area (TPSA) is 24.1 Å². The molecular weight excluding hydrogens is 232 g/mol. The second kappa shape index (κ2) is 7.64. The van der Waals surface area contributed by atoms with Gasteiger partial charge in [0.1, 0.15) is 0 Å². The van der Waals surface area contributed by atoms with E-state index < -0.39 is 0 Å². The van der Waals surface area contributed by atoms with E-state index in [1.807, 2.05) is 0 Å². The number of rotatable bonds is 4. The molecule has 1 aliphatic carbocycles. The summed E-state index contributed by atoms with van der Waals surface area (Å²) in [5, 5.41) is 7.66. The molecule has 0 amide bonds. The highest BCUT2D eigenvalue weighted by Gasteiger charge is 2.28. The highest BCUT2D eigenvalue weighted by molar-refractivity contribution is 4.85. The highest BCUT2D eigenvalue weighted by Crippen LogP contribution is 2.30. The summed E-state index contributed by atoms with van der Waals surface area (Å²) in [4.78, 5) is 0. The van der Waals surface area contributed by atoms with Gasteiger partial charge in [0.05, 0.1) is 0 Å². The first-order valence-electron chi connectivity index (χ1n) is 8.66. The molecular formula is C17H34N2. The van der Waals surface area contributed by atoms with Crippen molar-refractivity contribution in [2.75, 3.05) is 6.54 Å². The van der Waals surface area contributed by atoms with Gasteiger partial charge in [-0.15, -0.1) is 0 Å². The third-order valence-corrected chi connectivity index (χ3v) is 5.51. The molecule has 112 valence electrons. The Balaban J connectivity index is 1.74. The molecule has 0 spiro atoms. The lowest BCUT2D eigenvalue weighted by Gasteiger charge is -2.37. The predicted octanol–water partition coefficient (Wildman–Crippen LogP) is 3.71. The van der Waals surface area contributed by atoms with Crippen molar-refractivity contribution >= 4 is 0 Å². The molecule has 19 heavy (non-hydrogen) atoms. The van der Waals surface area contributed by atoms with Crippen molar-refractivity contribution in [1.29, 1.82) is 0 Å². The van der Waals surface area contributed by atoms with Crippen LogP contribution >= 0.6 is 0 Å². The minimum absolute atomic E-state index is 0.661. The van der Waals surface area contributed by atoms with Crippen LogP contribution in [0.15, 0.2) is 0 Å². The van der Waals surface area contributed by atoms with Crippen LogP contribution < -0.4 is 10.6 Å². The minimum Gasteiger partial charge on any atom is -0.314 e. The van der Waals surface area contributed by atoms with Crippen molar-refractivity contribution < 1.29 is 0 Å². The summed E-state index contributed by atoms with van der Waals surface area (Å²) in [6.07, 6.45) is 11.1. The Hall–Kier alpha value is -0.0800. The predicted molar refractivity (Wildman–Crippen MR) is 83.4 cm³/mol. The molecule has 0 radical (unpaired) electrons. The maximum absolute atomic E-state index is 3.93. The van der Waals surface area contributed by atoms with Crippen LogP contribution in [0.5, 0.6) is 0 Å². The Morgan fingerprint density at radius 2 is 1.89 bits per heavy atom. The summed E-state index contributed by atoms with van der Waals surface area (Å²) in [5.74, 6) is 1.74. The Kier molecular flexibility index (Phi) is 6.15. The maximum atomic E-state index is 3.93. The first kappa shape index (κ1) is 15.3. The summed E-state index contributed by atoms with van der Waals surface area (Å²) in [6, 6.07) is 2.17. The van der Waals surface area contributed by atoms with Crippen molar-refractivity contribution in [3.8, 4) is 0 Å². The fourth-order valence-electron chi connectivity index (χ4n) is 3.98. The zero-order valence-corrected chi connectivity index (χ0v) is 13.3. The molecule has 2 fully saturated rings. The number of nitrogens with one attached hydrogen (secondary N) is 2. The third kappa shape index (κ3) is 4.75. The van der Waals surface area contributed by atoms with Crippen molar-refractivity contribution in [2.45, 2.75) is 90.3 Å². The lowest BCUT2D eigenvalue weighted by atomic mass is 9.77. The molecule has 0 aromatic rings. The van der Waals surface area contributed by atoms with E-state index in [2.05, 4.69) is 31.4 Å². The Bertz CT molecular complexity index is 246. The first-order valence-corrected chi connectivity index (χ1v) is 8.66. The standard InChI is InChI=1S/C17H34N2/c1-13-8-7-10-17(15(13)3)19-14(2)12-16-9-5-4-6-11-18-16/h13-19H,4-12H2,1-3H3. The fraction of sp³-hybridized carbons (Fsp3) is 1.00. The Labute approximate surface area is 120 Å². The third-order valence-electron chi connectivity index (χ3n) is 5.51. The average Bonchev–Trinajstić information content (AvgIpc) is 2.63. The van der Waals surface area contributed by atoms with E-state index in [0.29, 0.717) is 6.04 Å². The maximum Gasteiger partial charge on any atom is 0.00977 e. The first-order chi connectivity index (χ1) is 9.16. The lowest BCUT2D eigenvalue weighted by molar-refractivity contribution is 0.190. The molecule has 1 saturated heterocycles. The summed E-state index contributed by atoms with van der Waals surface area (Å²) in [5.41, 5.74) is 0. The SMILES string of the molecule is CC(CC1CCCCCN1)NC1CCCC(C)C1C. The quantitative estimate of drug-likeness (QED) is 0.810. The summed E-state index contributed by atoms with van der Waals surface area (Å²) < 4.78 is 0. The molecule has 2 heteroatoms. The van der Waals surface area contributed by atoms with Crippen LogP contribution in [0.25, 0.3) is 0 Å². The molecule has 1 saturated carbocycles. The van der Waals surface area contributed by atoms with Gasteiger partial charge < -0.3 is 10.6 Å². The van der Waals surface area contributed by atoms with Crippen LogP contribution in [0.3, 0.4) is 0 Å². The van der Waals surface area contributed by atoms with Gasteiger partial charge in [-0.1, -0.05) is 39.5 Å². The highest BCUT2D eigenvalue weighted by atomic mass is 15.0. The molecule has 5 unspecified atom stereocenters. The molecule has 0 bridgehead atoms. The van der Waals surface area contributed by atoms with E-state index in [0.717, 1.165) is 23.9 Å². The van der Waals surface area contributed by atoms with E-state index >= 15 is 0 Å². The van der Waals surface area contributed by atoms with Crippen LogP contribution in [0.4, 0.5) is 0 Å². The zero-order chi connectivity index (χ0) is 13.7. The molecule has 0 aromatic heterocycles. The monoisotopic (exact) mass is 266 g/mol. The van der Waals surface area contributed by atoms with Gasteiger partial charge in [0, 0.05) is 18.1 Å². The summed E-state index contributed by atoms with van der Waals surface area (Å²) in [7, 11) is 0. The number of hydrogen-bond donors (Lipinski definition) is 2. The van der Waals surface area contributed by atoms with E-state index in [1.165, 1.54) is 57.9 Å². The van der Waals surface area contributed by atoms with E-state index in [4.69, 9.17) is 0 Å². The van der Waals surface area contributed by atoms with Crippen LogP contribution in [0, 0.1) is 11.8 Å². The van der Waals surface area contributed by atoms with Crippen LogP contribution in [0.2, 0.25) is 0 Å². The second-order valence-electron chi connectivity index (χ2n) is 7.18. The molecule has 2 nitrogen and oxygen atoms in total. The average molecular weight is 266 g/mol.